The van der Waals surface area contributed by atoms with Crippen molar-refractivity contribution in [1.82, 2.24) is 9.62 Å². The van der Waals surface area contributed by atoms with E-state index < -0.39 is 34.9 Å². The number of hydrogen-bond donors (Lipinski definition) is 2. The van der Waals surface area contributed by atoms with Gasteiger partial charge in [-0.2, -0.15) is 4.31 Å². The molecule has 0 spiro atoms. The highest BCUT2D eigenvalue weighted by Gasteiger charge is 2.32. The number of benzene rings is 1. The van der Waals surface area contributed by atoms with Gasteiger partial charge in [0.2, 0.25) is 10.0 Å². The Morgan fingerprint density at radius 1 is 1.38 bits per heavy atom. The van der Waals surface area contributed by atoms with Crippen LogP contribution in [0.25, 0.3) is 0 Å². The lowest BCUT2D eigenvalue weighted by molar-refractivity contribution is 0.0118. The third-order valence-electron chi connectivity index (χ3n) is 4.61. The summed E-state index contributed by atoms with van der Waals surface area (Å²) in [5.74, 6) is -3.96. The molecule has 1 aromatic rings. The highest BCUT2D eigenvalue weighted by atomic mass is 32.2. The Hall–Kier alpha value is -1.58. The Morgan fingerprint density at radius 3 is 2.69 bits per heavy atom. The summed E-state index contributed by atoms with van der Waals surface area (Å²) in [4.78, 5) is 12.2. The van der Waals surface area contributed by atoms with Crippen molar-refractivity contribution in [2.24, 2.45) is 5.73 Å². The largest absolute Gasteiger partial charge is 0.346 e. The number of alkyl halides is 2. The number of nitrogens with two attached hydrogens (primary N) is 1. The molecule has 1 saturated heterocycles. The summed E-state index contributed by atoms with van der Waals surface area (Å²) in [6.45, 7) is 2.13. The normalized spacial score (nSPS) is 19.3. The minimum atomic E-state index is -3.75. The molecule has 3 N–H and O–H groups in total. The molecule has 1 aliphatic heterocycles. The summed E-state index contributed by atoms with van der Waals surface area (Å²) >= 11 is 0. The van der Waals surface area contributed by atoms with Crippen molar-refractivity contribution in [2.45, 2.75) is 50.0 Å². The smallest absolute Gasteiger partial charge is 0.277 e. The lowest BCUT2D eigenvalue weighted by Gasteiger charge is -2.32. The van der Waals surface area contributed by atoms with E-state index >= 15 is 0 Å². The number of rotatable bonds is 6. The van der Waals surface area contributed by atoms with E-state index in [1.807, 2.05) is 6.92 Å². The van der Waals surface area contributed by atoms with Crippen molar-refractivity contribution in [3.8, 4) is 0 Å². The molecule has 0 aromatic heterocycles. The highest BCUT2D eigenvalue weighted by molar-refractivity contribution is 7.89. The summed E-state index contributed by atoms with van der Waals surface area (Å²) in [5.41, 5.74) is 5.51. The van der Waals surface area contributed by atoms with E-state index in [1.165, 1.54) is 22.5 Å². The van der Waals surface area contributed by atoms with Crippen LogP contribution in [0.3, 0.4) is 0 Å². The van der Waals surface area contributed by atoms with Crippen LogP contribution in [0.5, 0.6) is 0 Å². The first-order valence-corrected chi connectivity index (χ1v) is 10.0. The maximum Gasteiger partial charge on any atom is 0.277 e. The average molecular weight is 389 g/mol. The van der Waals surface area contributed by atoms with Gasteiger partial charge in [-0.25, -0.2) is 17.2 Å². The van der Waals surface area contributed by atoms with E-state index in [4.69, 9.17) is 5.73 Å². The topological polar surface area (TPSA) is 92.5 Å². The number of halogens is 2. The Kier molecular flexibility index (Phi) is 6.36. The third-order valence-corrected chi connectivity index (χ3v) is 6.62. The van der Waals surface area contributed by atoms with Gasteiger partial charge in [0.1, 0.15) is 0 Å². The van der Waals surface area contributed by atoms with Gasteiger partial charge < -0.3 is 11.1 Å². The van der Waals surface area contributed by atoms with Gasteiger partial charge in [-0.1, -0.05) is 12.5 Å². The van der Waals surface area contributed by atoms with Crippen molar-refractivity contribution < 1.29 is 22.0 Å². The van der Waals surface area contributed by atoms with E-state index in [9.17, 15) is 22.0 Å². The van der Waals surface area contributed by atoms with Crippen molar-refractivity contribution >= 4 is 15.9 Å². The van der Waals surface area contributed by atoms with Gasteiger partial charge in [0.25, 0.3) is 11.8 Å². The second-order valence-electron chi connectivity index (χ2n) is 6.68. The van der Waals surface area contributed by atoms with E-state index in [-0.39, 0.29) is 16.5 Å². The maximum absolute atomic E-state index is 13.2. The number of aryl methyl sites for hydroxylation is 1. The molecule has 6 nitrogen and oxygen atoms in total. The standard InChI is InChI=1S/C17H25F2N3O3S/c1-12-6-7-14(26(24,25)22-8-4-3-5-13(22)2)9-15(12)16(23)21-11-17(18,19)10-20/h6-7,9,13H,3-5,8,10-11,20H2,1-2H3,(H,21,23). The molecule has 1 aliphatic rings. The molecule has 0 saturated carbocycles. The maximum atomic E-state index is 13.2. The van der Waals surface area contributed by atoms with Crippen molar-refractivity contribution in [2.75, 3.05) is 19.6 Å². The van der Waals surface area contributed by atoms with Gasteiger partial charge in [0, 0.05) is 18.2 Å². The predicted molar refractivity (Wildman–Crippen MR) is 94.7 cm³/mol. The van der Waals surface area contributed by atoms with Crippen LogP contribution in [-0.2, 0) is 10.0 Å². The Bertz CT molecular complexity index is 769. The van der Waals surface area contributed by atoms with Gasteiger partial charge in [-0.05, 0) is 44.4 Å². The van der Waals surface area contributed by atoms with Crippen molar-refractivity contribution in [3.63, 3.8) is 0 Å². The zero-order chi connectivity index (χ0) is 19.5. The Balaban J connectivity index is 2.27. The number of nitrogens with one attached hydrogen (secondary N) is 1. The molecule has 1 fully saturated rings. The molecule has 0 bridgehead atoms. The number of carbonyl (C=O) groups is 1. The molecule has 146 valence electrons. The predicted octanol–water partition coefficient (Wildman–Crippen LogP) is 1.88. The van der Waals surface area contributed by atoms with E-state index in [0.717, 1.165) is 19.3 Å². The highest BCUT2D eigenvalue weighted by Crippen LogP contribution is 2.26. The summed E-state index contributed by atoms with van der Waals surface area (Å²) in [7, 11) is -3.75. The van der Waals surface area contributed by atoms with Gasteiger partial charge in [0.05, 0.1) is 18.0 Å². The molecule has 26 heavy (non-hydrogen) atoms. The minimum Gasteiger partial charge on any atom is -0.346 e. The Morgan fingerprint density at radius 2 is 2.08 bits per heavy atom. The van der Waals surface area contributed by atoms with E-state index in [0.29, 0.717) is 12.1 Å². The summed E-state index contributed by atoms with van der Waals surface area (Å²) in [6.07, 6.45) is 2.55. The van der Waals surface area contributed by atoms with E-state index in [1.54, 1.807) is 6.92 Å². The van der Waals surface area contributed by atoms with Crippen molar-refractivity contribution in [3.05, 3.63) is 29.3 Å². The lowest BCUT2D eigenvalue weighted by atomic mass is 10.1. The van der Waals surface area contributed by atoms with E-state index in [2.05, 4.69) is 5.32 Å². The molecule has 1 unspecified atom stereocenters. The number of amides is 1. The lowest BCUT2D eigenvalue weighted by Crippen LogP contribution is -2.42. The third kappa shape index (κ3) is 4.57. The summed E-state index contributed by atoms with van der Waals surface area (Å²) in [6, 6.07) is 4.09. The SMILES string of the molecule is Cc1ccc(S(=O)(=O)N2CCCCC2C)cc1C(=O)NCC(F)(F)CN. The molecular formula is C17H25F2N3O3S. The molecular weight excluding hydrogens is 364 g/mol. The summed E-state index contributed by atoms with van der Waals surface area (Å²) < 4.78 is 53.7. The summed E-state index contributed by atoms with van der Waals surface area (Å²) in [5, 5.41) is 2.12. The molecule has 9 heteroatoms. The molecule has 1 amide bonds. The molecule has 1 heterocycles. The fourth-order valence-corrected chi connectivity index (χ4v) is 4.67. The molecule has 0 radical (unpaired) electrons. The van der Waals surface area contributed by atoms with Crippen LogP contribution in [0, 0.1) is 6.92 Å². The van der Waals surface area contributed by atoms with Crippen LogP contribution in [0.2, 0.25) is 0 Å². The number of sulfonamides is 1. The molecule has 0 aliphatic carbocycles. The first-order chi connectivity index (χ1) is 12.1. The van der Waals surface area contributed by atoms with Crippen LogP contribution in [-0.4, -0.2) is 50.2 Å². The van der Waals surface area contributed by atoms with Crippen LogP contribution in [0.1, 0.15) is 42.1 Å². The second-order valence-corrected chi connectivity index (χ2v) is 8.57. The van der Waals surface area contributed by atoms with Gasteiger partial charge in [0.15, 0.2) is 0 Å². The van der Waals surface area contributed by atoms with Crippen LogP contribution < -0.4 is 11.1 Å². The first-order valence-electron chi connectivity index (χ1n) is 8.57. The quantitative estimate of drug-likeness (QED) is 0.777. The fraction of sp³-hybridized carbons (Fsp3) is 0.588. The number of nitrogens with zero attached hydrogens (tertiary/aromatic N) is 1. The van der Waals surface area contributed by atoms with Gasteiger partial charge in [-0.3, -0.25) is 4.79 Å². The number of hydrogen-bond acceptors (Lipinski definition) is 4. The van der Waals surface area contributed by atoms with Crippen LogP contribution in [0.4, 0.5) is 8.78 Å². The average Bonchev–Trinajstić information content (AvgIpc) is 2.60. The van der Waals surface area contributed by atoms with Crippen LogP contribution in [0.15, 0.2) is 23.1 Å². The van der Waals surface area contributed by atoms with Gasteiger partial charge >= 0.3 is 0 Å². The zero-order valence-corrected chi connectivity index (χ0v) is 15.8. The Labute approximate surface area is 152 Å². The van der Waals surface area contributed by atoms with Crippen LogP contribution >= 0.6 is 0 Å². The number of piperidine rings is 1. The molecule has 2 rings (SSSR count). The van der Waals surface area contributed by atoms with Crippen molar-refractivity contribution in [1.29, 1.82) is 0 Å². The minimum absolute atomic E-state index is 0.00687. The first kappa shape index (κ1) is 20.7. The molecule has 1 atom stereocenters. The number of carbonyl (C=O) groups excluding carboxylic acids is 1. The second kappa shape index (κ2) is 7.98. The molecule has 1 aromatic carbocycles. The monoisotopic (exact) mass is 389 g/mol. The van der Waals surface area contributed by atoms with Gasteiger partial charge in [-0.15, -0.1) is 0 Å². The fourth-order valence-electron chi connectivity index (χ4n) is 2.95. The zero-order valence-electron chi connectivity index (χ0n) is 15.0.